The first-order chi connectivity index (χ1) is 16.3. The molecule has 0 saturated carbocycles. The fourth-order valence-electron chi connectivity index (χ4n) is 4.40. The second kappa shape index (κ2) is 8.49. The molecule has 2 fully saturated rings. The molecule has 5 rings (SSSR count). The van der Waals surface area contributed by atoms with Gasteiger partial charge >= 0.3 is 6.36 Å². The van der Waals surface area contributed by atoms with Crippen LogP contribution in [0.4, 0.5) is 18.9 Å². The highest BCUT2D eigenvalue weighted by Gasteiger charge is 2.59. The number of imide groups is 1. The van der Waals surface area contributed by atoms with Crippen molar-refractivity contribution in [2.45, 2.75) is 25.1 Å². The van der Waals surface area contributed by atoms with E-state index in [4.69, 9.17) is 4.84 Å². The van der Waals surface area contributed by atoms with Crippen molar-refractivity contribution in [3.05, 3.63) is 96.1 Å². The van der Waals surface area contributed by atoms with Gasteiger partial charge in [-0.3, -0.25) is 19.3 Å². The van der Waals surface area contributed by atoms with Crippen LogP contribution in [-0.2, 0) is 21.0 Å². The van der Waals surface area contributed by atoms with Crippen LogP contribution < -0.4 is 9.80 Å². The number of carbonyl (C=O) groups excluding carboxylic acids is 2. The number of amides is 2. The second-order valence-electron chi connectivity index (χ2n) is 8.02. The van der Waals surface area contributed by atoms with Crippen molar-refractivity contribution < 1.29 is 32.3 Å². The summed E-state index contributed by atoms with van der Waals surface area (Å²) < 4.78 is 41.7. The molecule has 34 heavy (non-hydrogen) atoms. The average molecular weight is 468 g/mol. The van der Waals surface area contributed by atoms with Crippen molar-refractivity contribution in [2.24, 2.45) is 5.92 Å². The maximum absolute atomic E-state index is 13.4. The SMILES string of the molecule is O=C1[C@H]2[C@@H](ON(c3ccccc3)[C@H]2c2ccc(OC(F)(F)F)cc2)C(=O)N1Cc1ccccc1. The Morgan fingerprint density at radius 2 is 1.44 bits per heavy atom. The lowest BCUT2D eigenvalue weighted by molar-refractivity contribution is -0.274. The van der Waals surface area contributed by atoms with Gasteiger partial charge in [-0.15, -0.1) is 13.2 Å². The van der Waals surface area contributed by atoms with Gasteiger partial charge in [0.05, 0.1) is 18.3 Å². The number of para-hydroxylation sites is 1. The van der Waals surface area contributed by atoms with Gasteiger partial charge in [0.1, 0.15) is 11.7 Å². The van der Waals surface area contributed by atoms with Gasteiger partial charge in [0.15, 0.2) is 6.10 Å². The molecule has 0 N–H and O–H groups in total. The zero-order valence-electron chi connectivity index (χ0n) is 17.7. The summed E-state index contributed by atoms with van der Waals surface area (Å²) in [5.74, 6) is -2.07. The molecule has 3 atom stereocenters. The summed E-state index contributed by atoms with van der Waals surface area (Å²) in [4.78, 5) is 33.8. The van der Waals surface area contributed by atoms with Crippen LogP contribution in [0, 0.1) is 5.92 Å². The fraction of sp³-hybridized carbons (Fsp3) is 0.200. The third kappa shape index (κ3) is 4.10. The Hall–Kier alpha value is -3.85. The molecule has 0 radical (unpaired) electrons. The van der Waals surface area contributed by atoms with Gasteiger partial charge in [0, 0.05) is 0 Å². The number of ether oxygens (including phenoxy) is 1. The van der Waals surface area contributed by atoms with Crippen molar-refractivity contribution in [1.82, 2.24) is 4.90 Å². The lowest BCUT2D eigenvalue weighted by Crippen LogP contribution is -2.36. The molecule has 2 aliphatic rings. The Balaban J connectivity index is 1.49. The Morgan fingerprint density at radius 3 is 2.06 bits per heavy atom. The Bertz CT molecular complexity index is 1190. The van der Waals surface area contributed by atoms with Crippen LogP contribution in [0.15, 0.2) is 84.9 Å². The number of carbonyl (C=O) groups is 2. The average Bonchev–Trinajstić information content (AvgIpc) is 3.32. The molecule has 2 amide bonds. The van der Waals surface area contributed by atoms with E-state index < -0.39 is 36.2 Å². The van der Waals surface area contributed by atoms with E-state index in [0.29, 0.717) is 11.3 Å². The number of hydroxylamine groups is 1. The number of likely N-dealkylation sites (tertiary alicyclic amines) is 1. The van der Waals surface area contributed by atoms with Gasteiger partial charge < -0.3 is 4.74 Å². The zero-order valence-corrected chi connectivity index (χ0v) is 17.7. The zero-order chi connectivity index (χ0) is 23.9. The number of nitrogens with zero attached hydrogens (tertiary/aromatic N) is 2. The number of alkyl halides is 3. The standard InChI is InChI=1S/C25H19F3N2O4/c26-25(27,28)33-19-13-11-17(12-14-19)21-20-22(34-30(21)18-9-5-2-6-10-18)24(32)29(23(20)31)15-16-7-3-1-4-8-16/h1-14,20-22H,15H2/t20-,21+,22-/m1/s1. The van der Waals surface area contributed by atoms with Crippen LogP contribution in [0.1, 0.15) is 17.2 Å². The quantitative estimate of drug-likeness (QED) is 0.511. The minimum Gasteiger partial charge on any atom is -0.406 e. The predicted molar refractivity (Wildman–Crippen MR) is 115 cm³/mol. The van der Waals surface area contributed by atoms with Crippen molar-refractivity contribution >= 4 is 17.5 Å². The van der Waals surface area contributed by atoms with Gasteiger partial charge in [0.25, 0.3) is 5.91 Å². The van der Waals surface area contributed by atoms with E-state index in [9.17, 15) is 22.8 Å². The van der Waals surface area contributed by atoms with Crippen LogP contribution in [0.25, 0.3) is 0 Å². The number of anilines is 1. The van der Waals surface area contributed by atoms with Gasteiger partial charge in [-0.1, -0.05) is 60.7 Å². The number of hydrogen-bond acceptors (Lipinski definition) is 5. The van der Waals surface area contributed by atoms with Crippen LogP contribution in [-0.4, -0.2) is 29.2 Å². The van der Waals surface area contributed by atoms with Crippen molar-refractivity contribution in [2.75, 3.05) is 5.06 Å². The maximum Gasteiger partial charge on any atom is 0.573 e. The normalized spacial score (nSPS) is 22.3. The molecule has 6 nitrogen and oxygen atoms in total. The molecular formula is C25H19F3N2O4. The smallest absolute Gasteiger partial charge is 0.406 e. The summed E-state index contributed by atoms with van der Waals surface area (Å²) in [6, 6.07) is 22.6. The summed E-state index contributed by atoms with van der Waals surface area (Å²) in [7, 11) is 0. The number of fused-ring (bicyclic) bond motifs is 1. The number of rotatable bonds is 5. The highest BCUT2D eigenvalue weighted by Crippen LogP contribution is 2.47. The first-order valence-corrected chi connectivity index (χ1v) is 10.6. The maximum atomic E-state index is 13.4. The first kappa shape index (κ1) is 22.0. The van der Waals surface area contributed by atoms with Gasteiger partial charge in [0.2, 0.25) is 5.91 Å². The van der Waals surface area contributed by atoms with Gasteiger partial charge in [-0.05, 0) is 35.4 Å². The molecule has 0 aromatic heterocycles. The molecule has 2 aliphatic heterocycles. The molecule has 3 aromatic rings. The molecular weight excluding hydrogens is 449 g/mol. The van der Waals surface area contributed by atoms with E-state index in [1.807, 2.05) is 36.4 Å². The van der Waals surface area contributed by atoms with E-state index in [1.54, 1.807) is 24.3 Å². The lowest BCUT2D eigenvalue weighted by atomic mass is 9.90. The van der Waals surface area contributed by atoms with E-state index in [-0.39, 0.29) is 12.3 Å². The molecule has 0 unspecified atom stereocenters. The summed E-state index contributed by atoms with van der Waals surface area (Å²) >= 11 is 0. The van der Waals surface area contributed by atoms with Crippen molar-refractivity contribution in [3.63, 3.8) is 0 Å². The minimum absolute atomic E-state index is 0.116. The van der Waals surface area contributed by atoms with E-state index in [1.165, 1.54) is 34.2 Å². The summed E-state index contributed by atoms with van der Waals surface area (Å²) in [6.07, 6.45) is -5.85. The number of benzene rings is 3. The fourth-order valence-corrected chi connectivity index (χ4v) is 4.40. The van der Waals surface area contributed by atoms with Gasteiger partial charge in [-0.25, -0.2) is 5.06 Å². The summed E-state index contributed by atoms with van der Waals surface area (Å²) in [5.41, 5.74) is 1.94. The minimum atomic E-state index is -4.81. The van der Waals surface area contributed by atoms with Crippen LogP contribution >= 0.6 is 0 Å². The van der Waals surface area contributed by atoms with Crippen LogP contribution in [0.3, 0.4) is 0 Å². The highest BCUT2D eigenvalue weighted by atomic mass is 19.4. The molecule has 174 valence electrons. The van der Waals surface area contributed by atoms with E-state index in [0.717, 1.165) is 5.56 Å². The Labute approximate surface area is 193 Å². The van der Waals surface area contributed by atoms with Crippen molar-refractivity contribution in [1.29, 1.82) is 0 Å². The largest absolute Gasteiger partial charge is 0.573 e. The Morgan fingerprint density at radius 1 is 0.824 bits per heavy atom. The molecule has 3 aromatic carbocycles. The molecule has 9 heteroatoms. The summed E-state index contributed by atoms with van der Waals surface area (Å²) in [6.45, 7) is 0.116. The Kier molecular flexibility index (Phi) is 5.49. The van der Waals surface area contributed by atoms with Gasteiger partial charge in [-0.2, -0.15) is 0 Å². The number of hydrogen-bond donors (Lipinski definition) is 0. The summed E-state index contributed by atoms with van der Waals surface area (Å²) in [5, 5.41) is 1.49. The molecule has 0 spiro atoms. The second-order valence-corrected chi connectivity index (χ2v) is 8.02. The van der Waals surface area contributed by atoms with E-state index >= 15 is 0 Å². The molecule has 0 aliphatic carbocycles. The topological polar surface area (TPSA) is 59.1 Å². The highest BCUT2D eigenvalue weighted by molar-refractivity contribution is 6.07. The third-order valence-corrected chi connectivity index (χ3v) is 5.86. The van der Waals surface area contributed by atoms with Crippen LogP contribution in [0.5, 0.6) is 5.75 Å². The van der Waals surface area contributed by atoms with E-state index in [2.05, 4.69) is 4.74 Å². The van der Waals surface area contributed by atoms with Crippen LogP contribution in [0.2, 0.25) is 0 Å². The molecule has 2 heterocycles. The van der Waals surface area contributed by atoms with Crippen molar-refractivity contribution in [3.8, 4) is 5.75 Å². The molecule has 0 bridgehead atoms. The number of halogens is 3. The third-order valence-electron chi connectivity index (χ3n) is 5.86. The monoisotopic (exact) mass is 468 g/mol. The predicted octanol–water partition coefficient (Wildman–Crippen LogP) is 4.63. The molecule has 2 saturated heterocycles. The lowest BCUT2D eigenvalue weighted by Gasteiger charge is -2.29. The first-order valence-electron chi connectivity index (χ1n) is 10.6.